The van der Waals surface area contributed by atoms with E-state index in [-0.39, 0.29) is 23.2 Å². The number of hydrogen-bond acceptors (Lipinski definition) is 6. The van der Waals surface area contributed by atoms with Crippen LogP contribution in [0.3, 0.4) is 0 Å². The van der Waals surface area contributed by atoms with Crippen molar-refractivity contribution in [2.45, 2.75) is 6.42 Å². The second-order valence-corrected chi connectivity index (χ2v) is 5.26. The minimum Gasteiger partial charge on any atom is -0.504 e. The Labute approximate surface area is 168 Å². The summed E-state index contributed by atoms with van der Waals surface area (Å²) in [5.41, 5.74) is 0.0934. The van der Waals surface area contributed by atoms with Crippen molar-refractivity contribution >= 4 is 23.7 Å². The van der Waals surface area contributed by atoms with Gasteiger partial charge in [0.1, 0.15) is 0 Å². The summed E-state index contributed by atoms with van der Waals surface area (Å²) in [5, 5.41) is 19.4. The van der Waals surface area contributed by atoms with E-state index in [0.717, 1.165) is 36.4 Å². The van der Waals surface area contributed by atoms with E-state index in [0.29, 0.717) is 0 Å². The molecule has 0 atom stereocenters. The van der Waals surface area contributed by atoms with Crippen LogP contribution in [-0.4, -0.2) is 35.9 Å². The fourth-order valence-electron chi connectivity index (χ4n) is 1.97. The Morgan fingerprint density at radius 2 is 1.37 bits per heavy atom. The Kier molecular flexibility index (Phi) is 3.84. The number of allylic oxidation sites excluding steroid dienone is 2. The number of hydrogen-bond donors (Lipinski definition) is 2. The maximum atomic E-state index is 12.2. The van der Waals surface area contributed by atoms with Crippen LogP contribution in [0.25, 0.3) is 12.1 Å². The third kappa shape index (κ3) is 5.74. The van der Waals surface area contributed by atoms with Crippen molar-refractivity contribution < 1.29 is 40.2 Å². The number of carbonyl (C=O) groups excluding carboxylic acids is 2. The number of phenolic OH excluding ortho intramolecular Hbond substituents is 2. The summed E-state index contributed by atoms with van der Waals surface area (Å²) in [5.74, 6) is -3.36. The number of ketones is 2. The predicted molar refractivity (Wildman–Crippen MR) is 102 cm³/mol. The van der Waals surface area contributed by atoms with Crippen LogP contribution in [-0.2, 0) is 9.59 Å². The summed E-state index contributed by atoms with van der Waals surface area (Å²) in [6.07, 6.45) is 0.950. The first kappa shape index (κ1) is 11.2. The van der Waals surface area contributed by atoms with Crippen LogP contribution in [0, 0.1) is 0 Å². The number of rotatable bonds is 8. The maximum absolute atomic E-state index is 12.2. The molecule has 2 aromatic rings. The fourth-order valence-corrected chi connectivity index (χ4v) is 1.97. The number of carbonyl (C=O) groups is 2. The summed E-state index contributed by atoms with van der Waals surface area (Å²) >= 11 is 0. The molecule has 0 amide bonds. The van der Waals surface area contributed by atoms with Crippen LogP contribution in [0.2, 0.25) is 0 Å². The van der Waals surface area contributed by atoms with Crippen molar-refractivity contribution in [2.24, 2.45) is 0 Å². The lowest BCUT2D eigenvalue weighted by atomic mass is 10.1. The highest BCUT2D eigenvalue weighted by Crippen LogP contribution is 2.27. The van der Waals surface area contributed by atoms with Gasteiger partial charge in [-0.3, -0.25) is 9.59 Å². The van der Waals surface area contributed by atoms with Crippen molar-refractivity contribution in [1.82, 2.24) is 0 Å². The zero-order valence-corrected chi connectivity index (χ0v) is 13.9. The van der Waals surface area contributed by atoms with E-state index in [1.54, 1.807) is 0 Å². The smallest absolute Gasteiger partial charge is 0.163 e. The normalized spacial score (nSPS) is 17.0. The molecule has 6 heteroatoms. The molecule has 2 aromatic carbocycles. The van der Waals surface area contributed by atoms with Gasteiger partial charge in [0, 0.05) is 0 Å². The molecule has 27 heavy (non-hydrogen) atoms. The van der Waals surface area contributed by atoms with Crippen LogP contribution < -0.4 is 9.47 Å². The van der Waals surface area contributed by atoms with E-state index in [1.165, 1.54) is 12.1 Å². The number of phenols is 2. The summed E-state index contributed by atoms with van der Waals surface area (Å²) in [6.45, 7) is 0. The Hall–Kier alpha value is -3.54. The third-order valence-corrected chi connectivity index (χ3v) is 3.29. The Morgan fingerprint density at radius 3 is 1.78 bits per heavy atom. The van der Waals surface area contributed by atoms with E-state index in [9.17, 15) is 19.8 Å². The van der Waals surface area contributed by atoms with Gasteiger partial charge in [0.25, 0.3) is 0 Å². The molecule has 0 aliphatic heterocycles. The van der Waals surface area contributed by atoms with Gasteiger partial charge in [0.05, 0.1) is 31.5 Å². The SMILES string of the molecule is [2H]/C(=C\C(=O)CC(=O)/C=C(\[2H])c1ccc(O)c(OC([2H])([2H])[2H])c1)c1ccc(O)c(OC([2H])([2H])[2H])c1. The Morgan fingerprint density at radius 1 is 0.926 bits per heavy atom. The average Bonchev–Trinajstić information content (AvgIpc) is 2.68. The highest BCUT2D eigenvalue weighted by molar-refractivity contribution is 6.10. The highest BCUT2D eigenvalue weighted by atomic mass is 16.5. The molecule has 0 radical (unpaired) electrons. The minimum atomic E-state index is -2.85. The molecular weight excluding hydrogens is 348 g/mol. The van der Waals surface area contributed by atoms with Crippen molar-refractivity contribution in [3.63, 3.8) is 0 Å². The van der Waals surface area contributed by atoms with E-state index in [4.69, 9.17) is 11.0 Å². The average molecular weight is 376 g/mol. The van der Waals surface area contributed by atoms with Crippen molar-refractivity contribution in [3.05, 3.63) is 59.7 Å². The maximum Gasteiger partial charge on any atom is 0.163 e. The number of methoxy groups -OCH3 is 2. The third-order valence-electron chi connectivity index (χ3n) is 3.29. The zero-order valence-electron chi connectivity index (χ0n) is 21.9. The van der Waals surface area contributed by atoms with Gasteiger partial charge in [-0.1, -0.05) is 24.2 Å². The molecule has 0 aliphatic rings. The van der Waals surface area contributed by atoms with Gasteiger partial charge in [0.2, 0.25) is 0 Å². The first-order valence-electron chi connectivity index (χ1n) is 11.5. The lowest BCUT2D eigenvalue weighted by Crippen LogP contribution is -2.01. The summed E-state index contributed by atoms with van der Waals surface area (Å²) < 4.78 is 67.8. The van der Waals surface area contributed by atoms with Crippen LogP contribution in [0.15, 0.2) is 48.6 Å². The molecule has 2 N–H and O–H groups in total. The zero-order chi connectivity index (χ0) is 26.6. The molecule has 6 nitrogen and oxygen atoms in total. The van der Waals surface area contributed by atoms with Gasteiger partial charge >= 0.3 is 0 Å². The molecule has 2 rings (SSSR count). The topological polar surface area (TPSA) is 93.1 Å². The summed E-state index contributed by atoms with van der Waals surface area (Å²) in [4.78, 5) is 24.4. The van der Waals surface area contributed by atoms with E-state index < -0.39 is 55.1 Å². The van der Waals surface area contributed by atoms with E-state index >= 15 is 0 Å². The van der Waals surface area contributed by atoms with Gasteiger partial charge in [0.15, 0.2) is 34.6 Å². The molecule has 0 unspecified atom stereocenters. The quantitative estimate of drug-likeness (QED) is 0.542. The molecule has 0 spiro atoms. The molecular formula is C21H20O6. The van der Waals surface area contributed by atoms with Crippen molar-refractivity contribution in [3.8, 4) is 23.0 Å². The molecule has 0 saturated carbocycles. The Bertz CT molecular complexity index is 1090. The lowest BCUT2D eigenvalue weighted by Gasteiger charge is -2.03. The van der Waals surface area contributed by atoms with Gasteiger partial charge in [-0.05, 0) is 47.5 Å². The molecule has 140 valence electrons. The Balaban J connectivity index is 2.14. The summed E-state index contributed by atoms with van der Waals surface area (Å²) in [6, 6.07) is 6.04. The fraction of sp³-hybridized carbons (Fsp3) is 0.143. The molecule has 0 saturated heterocycles. The second kappa shape index (κ2) is 9.24. The molecule has 0 aliphatic carbocycles. The highest BCUT2D eigenvalue weighted by Gasteiger charge is 2.06. The van der Waals surface area contributed by atoms with Crippen molar-refractivity contribution in [2.75, 3.05) is 14.1 Å². The van der Waals surface area contributed by atoms with Crippen molar-refractivity contribution in [1.29, 1.82) is 0 Å². The van der Waals surface area contributed by atoms with Gasteiger partial charge in [-0.15, -0.1) is 0 Å². The first-order valence-corrected chi connectivity index (χ1v) is 7.51. The van der Waals surface area contributed by atoms with Crippen LogP contribution in [0.5, 0.6) is 23.0 Å². The minimum absolute atomic E-state index is 0.0467. The first-order chi connectivity index (χ1) is 16.0. The van der Waals surface area contributed by atoms with Crippen LogP contribution >= 0.6 is 0 Å². The largest absolute Gasteiger partial charge is 0.504 e. The van der Waals surface area contributed by atoms with Gasteiger partial charge in [-0.25, -0.2) is 0 Å². The summed E-state index contributed by atoms with van der Waals surface area (Å²) in [7, 11) is -5.69. The van der Waals surface area contributed by atoms with Crippen LogP contribution in [0.1, 0.15) is 28.5 Å². The number of aromatic hydroxyl groups is 2. The molecule has 0 heterocycles. The van der Waals surface area contributed by atoms with E-state index in [2.05, 4.69) is 9.47 Å². The number of benzene rings is 2. The van der Waals surface area contributed by atoms with Crippen LogP contribution in [0.4, 0.5) is 0 Å². The van der Waals surface area contributed by atoms with Gasteiger partial charge < -0.3 is 19.7 Å². The van der Waals surface area contributed by atoms with E-state index in [1.807, 2.05) is 0 Å². The molecule has 0 aromatic heterocycles. The standard InChI is InChI=1S/C21H20O6/c1-26-20-11-14(5-9-18(20)24)3-7-16(22)13-17(23)8-4-15-6-10-19(25)21(12-15)27-2/h3-12,24-25H,13H2,1-2H3/b7-3+,8-4+/i1D3,2D3,3D,4D. The number of ether oxygens (including phenoxy) is 2. The van der Waals surface area contributed by atoms with Gasteiger partial charge in [-0.2, -0.15) is 0 Å². The lowest BCUT2D eigenvalue weighted by molar-refractivity contribution is -0.121. The molecule has 0 bridgehead atoms. The predicted octanol–water partition coefficient (Wildman–Crippen LogP) is 3.37. The monoisotopic (exact) mass is 376 g/mol. The second-order valence-electron chi connectivity index (χ2n) is 5.26. The molecule has 0 fully saturated rings.